The zero-order valence-corrected chi connectivity index (χ0v) is 11.3. The summed E-state index contributed by atoms with van der Waals surface area (Å²) >= 11 is 0. The summed E-state index contributed by atoms with van der Waals surface area (Å²) in [6.45, 7) is 4.83. The highest BCUT2D eigenvalue weighted by Gasteiger charge is 2.37. The molecule has 0 aliphatic heterocycles. The third-order valence-corrected chi connectivity index (χ3v) is 5.24. The summed E-state index contributed by atoms with van der Waals surface area (Å²) in [5, 5.41) is 3.63. The molecule has 0 radical (unpaired) electrons. The summed E-state index contributed by atoms with van der Waals surface area (Å²) in [5.74, 6) is 3.95. The van der Waals surface area contributed by atoms with E-state index in [0.29, 0.717) is 0 Å². The molecular formula is C15H29N. The molecule has 2 aliphatic carbocycles. The fourth-order valence-electron chi connectivity index (χ4n) is 3.80. The zero-order chi connectivity index (χ0) is 11.5. The number of rotatable bonds is 5. The van der Waals surface area contributed by atoms with E-state index in [0.717, 1.165) is 29.7 Å². The minimum Gasteiger partial charge on any atom is -0.316 e. The van der Waals surface area contributed by atoms with Crippen molar-refractivity contribution in [1.29, 1.82) is 0 Å². The van der Waals surface area contributed by atoms with Gasteiger partial charge in [0.1, 0.15) is 0 Å². The van der Waals surface area contributed by atoms with E-state index in [2.05, 4.69) is 26.2 Å². The highest BCUT2D eigenvalue weighted by Crippen LogP contribution is 2.42. The van der Waals surface area contributed by atoms with Gasteiger partial charge in [-0.1, -0.05) is 33.1 Å². The van der Waals surface area contributed by atoms with Gasteiger partial charge in [0.2, 0.25) is 0 Å². The topological polar surface area (TPSA) is 12.0 Å². The highest BCUT2D eigenvalue weighted by atomic mass is 14.9. The van der Waals surface area contributed by atoms with Gasteiger partial charge < -0.3 is 5.32 Å². The van der Waals surface area contributed by atoms with E-state index >= 15 is 0 Å². The van der Waals surface area contributed by atoms with E-state index in [9.17, 15) is 0 Å². The lowest BCUT2D eigenvalue weighted by atomic mass is 9.74. The van der Waals surface area contributed by atoms with Crippen molar-refractivity contribution in [2.45, 2.75) is 64.8 Å². The average Bonchev–Trinajstić information content (AvgIpc) is 3.14. The predicted octanol–water partition coefficient (Wildman–Crippen LogP) is 3.84. The van der Waals surface area contributed by atoms with Crippen molar-refractivity contribution in [1.82, 2.24) is 5.32 Å². The van der Waals surface area contributed by atoms with Gasteiger partial charge in [-0.25, -0.2) is 0 Å². The summed E-state index contributed by atoms with van der Waals surface area (Å²) in [7, 11) is 2.18. The minimum absolute atomic E-state index is 0.797. The maximum absolute atomic E-state index is 3.63. The molecule has 2 rings (SSSR count). The Morgan fingerprint density at radius 2 is 1.56 bits per heavy atom. The first-order valence-electron chi connectivity index (χ1n) is 7.43. The maximum atomic E-state index is 3.63. The van der Waals surface area contributed by atoms with Crippen LogP contribution in [0.2, 0.25) is 0 Å². The van der Waals surface area contributed by atoms with Crippen LogP contribution in [0.15, 0.2) is 0 Å². The molecule has 2 fully saturated rings. The average molecular weight is 223 g/mol. The maximum Gasteiger partial charge on any atom is 0.0121 e. The molecule has 0 bridgehead atoms. The molecule has 0 heterocycles. The Bertz CT molecular complexity index is 201. The van der Waals surface area contributed by atoms with Crippen molar-refractivity contribution in [3.8, 4) is 0 Å². The predicted molar refractivity (Wildman–Crippen MR) is 70.5 cm³/mol. The molecule has 0 aromatic rings. The quantitative estimate of drug-likeness (QED) is 0.747. The van der Waals surface area contributed by atoms with Crippen molar-refractivity contribution in [2.24, 2.45) is 23.7 Å². The van der Waals surface area contributed by atoms with Crippen LogP contribution in [-0.4, -0.2) is 13.1 Å². The Balaban J connectivity index is 1.84. The second-order valence-electron chi connectivity index (χ2n) is 6.20. The molecule has 2 saturated carbocycles. The van der Waals surface area contributed by atoms with Gasteiger partial charge in [-0.3, -0.25) is 0 Å². The van der Waals surface area contributed by atoms with Crippen molar-refractivity contribution in [2.75, 3.05) is 7.05 Å². The van der Waals surface area contributed by atoms with Gasteiger partial charge in [-0.05, 0) is 56.4 Å². The Morgan fingerprint density at radius 1 is 1.00 bits per heavy atom. The van der Waals surface area contributed by atoms with Crippen LogP contribution >= 0.6 is 0 Å². The van der Waals surface area contributed by atoms with E-state index in [4.69, 9.17) is 0 Å². The van der Waals surface area contributed by atoms with Crippen molar-refractivity contribution < 1.29 is 0 Å². The molecular weight excluding hydrogens is 194 g/mol. The fraction of sp³-hybridized carbons (Fsp3) is 1.00. The van der Waals surface area contributed by atoms with Crippen LogP contribution in [-0.2, 0) is 0 Å². The van der Waals surface area contributed by atoms with Crippen molar-refractivity contribution in [3.63, 3.8) is 0 Å². The van der Waals surface area contributed by atoms with Gasteiger partial charge in [0, 0.05) is 6.04 Å². The molecule has 1 nitrogen and oxygen atoms in total. The largest absolute Gasteiger partial charge is 0.316 e. The van der Waals surface area contributed by atoms with E-state index in [-0.39, 0.29) is 0 Å². The second-order valence-corrected chi connectivity index (χ2v) is 6.20. The minimum atomic E-state index is 0.797. The first-order valence-corrected chi connectivity index (χ1v) is 7.43. The molecule has 2 unspecified atom stereocenters. The Morgan fingerprint density at radius 3 is 2.00 bits per heavy atom. The Hall–Kier alpha value is -0.0400. The summed E-state index contributed by atoms with van der Waals surface area (Å²) in [5.41, 5.74) is 0. The molecule has 0 spiro atoms. The lowest BCUT2D eigenvalue weighted by molar-refractivity contribution is 0.178. The summed E-state index contributed by atoms with van der Waals surface area (Å²) in [6.07, 6.45) is 10.3. The van der Waals surface area contributed by atoms with Crippen LogP contribution in [0.1, 0.15) is 58.8 Å². The molecule has 94 valence electrons. The van der Waals surface area contributed by atoms with Crippen LogP contribution in [0.5, 0.6) is 0 Å². The third kappa shape index (κ3) is 2.80. The van der Waals surface area contributed by atoms with Gasteiger partial charge in [0.15, 0.2) is 0 Å². The third-order valence-electron chi connectivity index (χ3n) is 5.24. The lowest BCUT2D eigenvalue weighted by Gasteiger charge is -2.36. The molecule has 0 aromatic carbocycles. The van der Waals surface area contributed by atoms with Gasteiger partial charge >= 0.3 is 0 Å². The van der Waals surface area contributed by atoms with E-state index in [1.165, 1.54) is 44.9 Å². The fourth-order valence-corrected chi connectivity index (χ4v) is 3.80. The summed E-state index contributed by atoms with van der Waals surface area (Å²) < 4.78 is 0. The highest BCUT2D eigenvalue weighted by molar-refractivity contribution is 4.91. The Kier molecular flexibility index (Phi) is 4.29. The number of nitrogens with one attached hydrogen (secondary N) is 1. The van der Waals surface area contributed by atoms with Gasteiger partial charge in [-0.2, -0.15) is 0 Å². The standard InChI is InChI=1S/C15H29N/c1-4-12-5-7-14(8-6-12)15(16-3)11(2)13-9-10-13/h11-16H,4-10H2,1-3H3. The molecule has 2 aliphatic rings. The molecule has 0 aromatic heterocycles. The molecule has 2 atom stereocenters. The first kappa shape index (κ1) is 12.4. The first-order chi connectivity index (χ1) is 7.76. The van der Waals surface area contributed by atoms with Gasteiger partial charge in [0.25, 0.3) is 0 Å². The van der Waals surface area contributed by atoms with Crippen LogP contribution < -0.4 is 5.32 Å². The second kappa shape index (κ2) is 5.53. The molecule has 1 N–H and O–H groups in total. The Labute approximate surface area is 101 Å². The van der Waals surface area contributed by atoms with E-state index < -0.39 is 0 Å². The number of hydrogen-bond donors (Lipinski definition) is 1. The van der Waals surface area contributed by atoms with Crippen LogP contribution in [0.25, 0.3) is 0 Å². The number of hydrogen-bond acceptors (Lipinski definition) is 1. The van der Waals surface area contributed by atoms with E-state index in [1.54, 1.807) is 0 Å². The molecule has 1 heteroatoms. The molecule has 16 heavy (non-hydrogen) atoms. The summed E-state index contributed by atoms with van der Waals surface area (Å²) in [4.78, 5) is 0. The van der Waals surface area contributed by atoms with Crippen molar-refractivity contribution >= 4 is 0 Å². The van der Waals surface area contributed by atoms with Crippen LogP contribution in [0.3, 0.4) is 0 Å². The van der Waals surface area contributed by atoms with Gasteiger partial charge in [-0.15, -0.1) is 0 Å². The monoisotopic (exact) mass is 223 g/mol. The van der Waals surface area contributed by atoms with E-state index in [1.807, 2.05) is 0 Å². The summed E-state index contributed by atoms with van der Waals surface area (Å²) in [6, 6.07) is 0.797. The normalized spacial score (nSPS) is 34.7. The van der Waals surface area contributed by atoms with Gasteiger partial charge in [0.05, 0.1) is 0 Å². The van der Waals surface area contributed by atoms with Crippen molar-refractivity contribution in [3.05, 3.63) is 0 Å². The lowest BCUT2D eigenvalue weighted by Crippen LogP contribution is -2.41. The van der Waals surface area contributed by atoms with Crippen LogP contribution in [0.4, 0.5) is 0 Å². The molecule has 0 amide bonds. The molecule has 0 saturated heterocycles. The smallest absolute Gasteiger partial charge is 0.0121 e. The van der Waals surface area contributed by atoms with Crippen LogP contribution in [0, 0.1) is 23.7 Å². The zero-order valence-electron chi connectivity index (χ0n) is 11.3. The SMILES string of the molecule is CCC1CCC(C(NC)C(C)C2CC2)CC1.